The number of carbonyl (C=O) groups is 1. The molecular formula is C10H9BrO3. The summed E-state index contributed by atoms with van der Waals surface area (Å²) in [5, 5.41) is 8.78. The second-order valence-corrected chi connectivity index (χ2v) is 4.12. The third kappa shape index (κ3) is 2.07. The lowest BCUT2D eigenvalue weighted by atomic mass is 10.2. The van der Waals surface area contributed by atoms with Crippen molar-refractivity contribution in [1.82, 2.24) is 0 Å². The average Bonchev–Trinajstić information content (AvgIpc) is 2.87. The van der Waals surface area contributed by atoms with Crippen LogP contribution in [0.25, 0.3) is 0 Å². The van der Waals surface area contributed by atoms with E-state index < -0.39 is 5.97 Å². The standard InChI is InChI=1S/C10H9BrO3/c11-9-5-7(14-6-1-2-6)3-4-8(9)10(12)13/h3-6H,1-2H2,(H,12,13). The fraction of sp³-hybridized carbons (Fsp3) is 0.300. The fourth-order valence-corrected chi connectivity index (χ4v) is 1.65. The van der Waals surface area contributed by atoms with Crippen molar-refractivity contribution in [1.29, 1.82) is 0 Å². The number of aromatic carboxylic acids is 1. The minimum absolute atomic E-state index is 0.258. The van der Waals surface area contributed by atoms with E-state index in [1.54, 1.807) is 18.2 Å². The SMILES string of the molecule is O=C(O)c1ccc(OC2CC2)cc1Br. The lowest BCUT2D eigenvalue weighted by Crippen LogP contribution is -2.00. The molecule has 1 aliphatic carbocycles. The third-order valence-corrected chi connectivity index (χ3v) is 2.65. The maximum Gasteiger partial charge on any atom is 0.336 e. The molecule has 14 heavy (non-hydrogen) atoms. The number of hydrogen-bond acceptors (Lipinski definition) is 2. The summed E-state index contributed by atoms with van der Waals surface area (Å²) in [6, 6.07) is 4.93. The monoisotopic (exact) mass is 256 g/mol. The van der Waals surface area contributed by atoms with E-state index in [4.69, 9.17) is 9.84 Å². The van der Waals surface area contributed by atoms with Gasteiger partial charge in [0.2, 0.25) is 0 Å². The van der Waals surface area contributed by atoms with E-state index in [1.807, 2.05) is 0 Å². The van der Waals surface area contributed by atoms with Crippen molar-refractivity contribution >= 4 is 21.9 Å². The van der Waals surface area contributed by atoms with Crippen LogP contribution in [-0.2, 0) is 0 Å². The van der Waals surface area contributed by atoms with Crippen LogP contribution in [0.5, 0.6) is 5.75 Å². The van der Waals surface area contributed by atoms with Gasteiger partial charge in [0.1, 0.15) is 5.75 Å². The van der Waals surface area contributed by atoms with E-state index in [-0.39, 0.29) is 5.56 Å². The van der Waals surface area contributed by atoms with Gasteiger partial charge < -0.3 is 9.84 Å². The highest BCUT2D eigenvalue weighted by Gasteiger charge is 2.23. The van der Waals surface area contributed by atoms with Gasteiger partial charge in [-0.2, -0.15) is 0 Å². The Bertz CT molecular complexity index is 372. The van der Waals surface area contributed by atoms with E-state index in [1.165, 1.54) is 0 Å². The Balaban J connectivity index is 2.20. The van der Waals surface area contributed by atoms with Gasteiger partial charge in [-0.15, -0.1) is 0 Å². The van der Waals surface area contributed by atoms with Crippen LogP contribution < -0.4 is 4.74 Å². The summed E-state index contributed by atoms with van der Waals surface area (Å²) in [6.45, 7) is 0. The molecule has 0 spiro atoms. The molecule has 3 nitrogen and oxygen atoms in total. The van der Waals surface area contributed by atoms with Crippen molar-refractivity contribution in [2.45, 2.75) is 18.9 Å². The highest BCUT2D eigenvalue weighted by molar-refractivity contribution is 9.10. The highest BCUT2D eigenvalue weighted by atomic mass is 79.9. The Hall–Kier alpha value is -1.03. The first-order chi connectivity index (χ1) is 6.66. The number of hydrogen-bond donors (Lipinski definition) is 1. The second-order valence-electron chi connectivity index (χ2n) is 3.26. The molecule has 1 saturated carbocycles. The molecular weight excluding hydrogens is 248 g/mol. The lowest BCUT2D eigenvalue weighted by molar-refractivity contribution is 0.0696. The zero-order valence-electron chi connectivity index (χ0n) is 7.37. The molecule has 0 radical (unpaired) electrons. The summed E-state index contributed by atoms with van der Waals surface area (Å²) in [6.07, 6.45) is 2.52. The summed E-state index contributed by atoms with van der Waals surface area (Å²) >= 11 is 3.20. The zero-order valence-corrected chi connectivity index (χ0v) is 8.95. The number of rotatable bonds is 3. The average molecular weight is 257 g/mol. The van der Waals surface area contributed by atoms with Crippen molar-refractivity contribution in [3.8, 4) is 5.75 Å². The smallest absolute Gasteiger partial charge is 0.336 e. The van der Waals surface area contributed by atoms with Gasteiger partial charge in [0.25, 0.3) is 0 Å². The first kappa shape index (κ1) is 9.52. The Labute approximate surface area is 89.8 Å². The van der Waals surface area contributed by atoms with Crippen molar-refractivity contribution in [2.75, 3.05) is 0 Å². The molecule has 4 heteroatoms. The van der Waals surface area contributed by atoms with Crippen LogP contribution in [0.3, 0.4) is 0 Å². The first-order valence-corrected chi connectivity index (χ1v) is 5.15. The summed E-state index contributed by atoms with van der Waals surface area (Å²) in [4.78, 5) is 10.7. The highest BCUT2D eigenvalue weighted by Crippen LogP contribution is 2.29. The zero-order chi connectivity index (χ0) is 10.1. The van der Waals surface area contributed by atoms with Gasteiger partial charge in [-0.3, -0.25) is 0 Å². The molecule has 1 aromatic rings. The largest absolute Gasteiger partial charge is 0.490 e. The maximum absolute atomic E-state index is 10.7. The van der Waals surface area contributed by atoms with Crippen LogP contribution in [0.2, 0.25) is 0 Å². The minimum atomic E-state index is -0.935. The van der Waals surface area contributed by atoms with E-state index in [2.05, 4.69) is 15.9 Å². The van der Waals surface area contributed by atoms with E-state index in [0.717, 1.165) is 18.6 Å². The molecule has 1 aliphatic rings. The van der Waals surface area contributed by atoms with Crippen molar-refractivity contribution in [3.05, 3.63) is 28.2 Å². The summed E-state index contributed by atoms with van der Waals surface area (Å²) in [5.41, 5.74) is 0.258. The molecule has 0 unspecified atom stereocenters. The molecule has 0 atom stereocenters. The first-order valence-electron chi connectivity index (χ1n) is 4.36. The van der Waals surface area contributed by atoms with E-state index >= 15 is 0 Å². The molecule has 0 amide bonds. The van der Waals surface area contributed by atoms with Gasteiger partial charge in [0.15, 0.2) is 0 Å². The number of benzene rings is 1. The van der Waals surface area contributed by atoms with Crippen LogP contribution in [0, 0.1) is 0 Å². The number of carboxylic acids is 1. The summed E-state index contributed by atoms with van der Waals surface area (Å²) in [7, 11) is 0. The van der Waals surface area contributed by atoms with Crippen LogP contribution in [-0.4, -0.2) is 17.2 Å². The maximum atomic E-state index is 10.7. The molecule has 0 saturated heterocycles. The van der Waals surface area contributed by atoms with Gasteiger partial charge in [-0.25, -0.2) is 4.79 Å². The van der Waals surface area contributed by atoms with Gasteiger partial charge >= 0.3 is 5.97 Å². The summed E-state index contributed by atoms with van der Waals surface area (Å²) in [5.74, 6) is -0.209. The van der Waals surface area contributed by atoms with Gasteiger partial charge in [-0.05, 0) is 47.0 Å². The van der Waals surface area contributed by atoms with Gasteiger partial charge in [-0.1, -0.05) is 0 Å². The van der Waals surface area contributed by atoms with Crippen LogP contribution in [0.4, 0.5) is 0 Å². The molecule has 1 aromatic carbocycles. The fourth-order valence-electron chi connectivity index (χ4n) is 1.12. The normalized spacial score (nSPS) is 15.2. The van der Waals surface area contributed by atoms with Crippen molar-refractivity contribution in [3.63, 3.8) is 0 Å². The molecule has 0 bridgehead atoms. The van der Waals surface area contributed by atoms with Crippen molar-refractivity contribution < 1.29 is 14.6 Å². The minimum Gasteiger partial charge on any atom is -0.490 e. The van der Waals surface area contributed by atoms with E-state index in [9.17, 15) is 4.79 Å². The van der Waals surface area contributed by atoms with E-state index in [0.29, 0.717) is 10.6 Å². The molecule has 1 N–H and O–H groups in total. The molecule has 0 aliphatic heterocycles. The van der Waals surface area contributed by atoms with Gasteiger partial charge in [0, 0.05) is 4.47 Å². The van der Waals surface area contributed by atoms with Crippen LogP contribution in [0.1, 0.15) is 23.2 Å². The molecule has 0 aromatic heterocycles. The quantitative estimate of drug-likeness (QED) is 0.905. The van der Waals surface area contributed by atoms with Crippen LogP contribution >= 0.6 is 15.9 Å². The molecule has 0 heterocycles. The van der Waals surface area contributed by atoms with Crippen LogP contribution in [0.15, 0.2) is 22.7 Å². The molecule has 74 valence electrons. The molecule has 2 rings (SSSR count). The lowest BCUT2D eigenvalue weighted by Gasteiger charge is -2.05. The number of ether oxygens (including phenoxy) is 1. The second kappa shape index (κ2) is 3.61. The Morgan fingerprint density at radius 3 is 2.71 bits per heavy atom. The summed E-state index contributed by atoms with van der Waals surface area (Å²) < 4.78 is 6.08. The molecule has 1 fully saturated rings. The predicted octanol–water partition coefficient (Wildman–Crippen LogP) is 2.69. The third-order valence-electron chi connectivity index (χ3n) is 2.00. The Kier molecular flexibility index (Phi) is 2.46. The Morgan fingerprint density at radius 2 is 2.21 bits per heavy atom. The predicted molar refractivity (Wildman–Crippen MR) is 54.8 cm³/mol. The number of carboxylic acid groups (broad SMARTS) is 1. The topological polar surface area (TPSA) is 46.5 Å². The Morgan fingerprint density at radius 1 is 1.50 bits per heavy atom. The van der Waals surface area contributed by atoms with Gasteiger partial charge in [0.05, 0.1) is 11.7 Å². The number of halogens is 1. The van der Waals surface area contributed by atoms with Crippen molar-refractivity contribution in [2.24, 2.45) is 0 Å².